The summed E-state index contributed by atoms with van der Waals surface area (Å²) in [5.74, 6) is 1.23. The van der Waals surface area contributed by atoms with Gasteiger partial charge in [-0.15, -0.1) is 74.6 Å². The zero-order valence-electron chi connectivity index (χ0n) is 38.3. The van der Waals surface area contributed by atoms with E-state index in [0.29, 0.717) is 11.8 Å². The number of benzene rings is 6. The Balaban J connectivity index is 0.000000155. The molecule has 1 heterocycles. The Morgan fingerprint density at radius 3 is 1.42 bits per heavy atom. The molecule has 8 aromatic carbocycles. The summed E-state index contributed by atoms with van der Waals surface area (Å²) >= 11 is -0.826. The van der Waals surface area contributed by atoms with Gasteiger partial charge in [-0.25, -0.2) is 0 Å². The second kappa shape index (κ2) is 21.3. The van der Waals surface area contributed by atoms with Gasteiger partial charge in [0.2, 0.25) is 0 Å². The summed E-state index contributed by atoms with van der Waals surface area (Å²) in [4.78, 5) is 0. The number of fused-ring (bicyclic) bond motifs is 5. The molecule has 318 valence electrons. The molecule has 0 N–H and O–H groups in total. The summed E-state index contributed by atoms with van der Waals surface area (Å²) in [5, 5.41) is 8.36. The van der Waals surface area contributed by atoms with Crippen molar-refractivity contribution < 1.29 is 20.8 Å². The first-order valence-electron chi connectivity index (χ1n) is 22.1. The van der Waals surface area contributed by atoms with Crippen LogP contribution in [0.25, 0.3) is 54.9 Å². The zero-order chi connectivity index (χ0) is 44.6. The molecule has 2 radical (unpaired) electrons. The van der Waals surface area contributed by atoms with Crippen LogP contribution in [0.2, 0.25) is 0 Å². The monoisotopic (exact) mass is 945 g/mol. The summed E-state index contributed by atoms with van der Waals surface area (Å²) in [6.07, 6.45) is 2.37. The van der Waals surface area contributed by atoms with Crippen LogP contribution in [0.1, 0.15) is 116 Å². The number of rotatable bonds is 6. The van der Waals surface area contributed by atoms with Gasteiger partial charge < -0.3 is 0 Å². The van der Waals surface area contributed by atoms with Crippen molar-refractivity contribution in [1.82, 2.24) is 0 Å². The van der Waals surface area contributed by atoms with E-state index in [0.717, 1.165) is 9.52 Å². The topological polar surface area (TPSA) is 0 Å². The van der Waals surface area contributed by atoms with Crippen molar-refractivity contribution >= 4 is 58.5 Å². The molecule has 1 aliphatic heterocycles. The van der Waals surface area contributed by atoms with Crippen molar-refractivity contribution in [3.05, 3.63) is 180 Å². The Labute approximate surface area is 394 Å². The minimum Gasteiger partial charge on any atom is -0.184 e. The van der Waals surface area contributed by atoms with Crippen LogP contribution in [0.15, 0.2) is 152 Å². The molecule has 0 amide bonds. The normalized spacial score (nSPS) is 12.8. The molecule has 9 rings (SSSR count). The molecule has 0 aliphatic carbocycles. The molecular formula is C58H61Cl2SiZr-3. The fourth-order valence-corrected chi connectivity index (χ4v) is 9.77. The van der Waals surface area contributed by atoms with Gasteiger partial charge in [-0.05, 0) is 33.8 Å². The van der Waals surface area contributed by atoms with Crippen LogP contribution in [0.4, 0.5) is 0 Å². The van der Waals surface area contributed by atoms with Crippen LogP contribution < -0.4 is 10.4 Å². The van der Waals surface area contributed by atoms with Crippen molar-refractivity contribution in [3.8, 4) is 33.4 Å². The van der Waals surface area contributed by atoms with Gasteiger partial charge in [-0.3, -0.25) is 0 Å². The third kappa shape index (κ3) is 11.1. The van der Waals surface area contributed by atoms with Gasteiger partial charge in [0.15, 0.2) is 0 Å². The predicted molar refractivity (Wildman–Crippen MR) is 272 cm³/mol. The average molecular weight is 948 g/mol. The molecule has 8 aromatic rings. The van der Waals surface area contributed by atoms with Crippen LogP contribution in [0, 0.1) is 6.07 Å². The SMILES string of the molecule is CCC(C)c1cc2c(-c3ccccc3)c(C(C)(C)C)ccc2[cH-]1.CCC(C)c1cc2c(-c3ccccc3)c(C(C)(C)C)ccc2[cH-]1.[Cl][Zr][Cl].[c-]1cccc2c1[Si]c1ccccc1-2. The molecule has 0 nitrogen and oxygen atoms in total. The Bertz CT molecular complexity index is 2490. The van der Waals surface area contributed by atoms with E-state index in [-0.39, 0.29) is 10.8 Å². The quantitative estimate of drug-likeness (QED) is 0.115. The molecule has 0 saturated carbocycles. The average Bonchev–Trinajstić information content (AvgIpc) is 4.01. The van der Waals surface area contributed by atoms with Gasteiger partial charge in [0.05, 0.1) is 9.52 Å². The molecule has 62 heavy (non-hydrogen) atoms. The van der Waals surface area contributed by atoms with Crippen LogP contribution >= 0.6 is 17.0 Å². The zero-order valence-corrected chi connectivity index (χ0v) is 43.2. The van der Waals surface area contributed by atoms with Gasteiger partial charge in [-0.1, -0.05) is 200 Å². The molecule has 0 saturated heterocycles. The van der Waals surface area contributed by atoms with Crippen molar-refractivity contribution in [2.24, 2.45) is 0 Å². The molecule has 2 unspecified atom stereocenters. The van der Waals surface area contributed by atoms with Crippen LogP contribution in [0.3, 0.4) is 0 Å². The maximum absolute atomic E-state index is 4.93. The van der Waals surface area contributed by atoms with Gasteiger partial charge in [0, 0.05) is 0 Å². The third-order valence-electron chi connectivity index (χ3n) is 12.3. The van der Waals surface area contributed by atoms with E-state index in [2.05, 4.69) is 221 Å². The van der Waals surface area contributed by atoms with Crippen molar-refractivity contribution in [2.75, 3.05) is 0 Å². The largest absolute Gasteiger partial charge is 0.184 e. The Morgan fingerprint density at radius 2 is 0.984 bits per heavy atom. The maximum atomic E-state index is 4.93. The number of halogens is 2. The maximum Gasteiger partial charge on any atom is 0.0920 e. The summed E-state index contributed by atoms with van der Waals surface area (Å²) in [6, 6.07) is 58.7. The van der Waals surface area contributed by atoms with Crippen LogP contribution in [-0.4, -0.2) is 9.52 Å². The predicted octanol–water partition coefficient (Wildman–Crippen LogP) is 16.6. The van der Waals surface area contributed by atoms with Crippen LogP contribution in [0.5, 0.6) is 0 Å². The van der Waals surface area contributed by atoms with Gasteiger partial charge in [0.25, 0.3) is 0 Å². The van der Waals surface area contributed by atoms with Gasteiger partial charge in [0.1, 0.15) is 0 Å². The second-order valence-corrected chi connectivity index (χ2v) is 23.6. The molecule has 1 aliphatic rings. The molecule has 2 atom stereocenters. The van der Waals surface area contributed by atoms with E-state index >= 15 is 0 Å². The van der Waals surface area contributed by atoms with Crippen molar-refractivity contribution in [3.63, 3.8) is 0 Å². The Kier molecular flexibility index (Phi) is 16.4. The van der Waals surface area contributed by atoms with Gasteiger partial charge >= 0.3 is 37.9 Å². The second-order valence-electron chi connectivity index (χ2n) is 18.6. The third-order valence-corrected chi connectivity index (χ3v) is 13.6. The summed E-state index contributed by atoms with van der Waals surface area (Å²) in [6.45, 7) is 23.0. The summed E-state index contributed by atoms with van der Waals surface area (Å²) < 4.78 is 0. The smallest absolute Gasteiger partial charge is 0.0920 e. The molecule has 4 heteroatoms. The van der Waals surface area contributed by atoms with E-state index in [9.17, 15) is 0 Å². The Hall–Kier alpha value is -3.78. The first kappa shape index (κ1) is 47.7. The summed E-state index contributed by atoms with van der Waals surface area (Å²) in [5.41, 5.74) is 14.3. The number of hydrogen-bond acceptors (Lipinski definition) is 0. The molecule has 0 spiro atoms. The van der Waals surface area contributed by atoms with Crippen LogP contribution in [-0.2, 0) is 31.7 Å². The van der Waals surface area contributed by atoms with E-state index < -0.39 is 20.8 Å². The molecule has 0 fully saturated rings. The van der Waals surface area contributed by atoms with E-state index in [1.165, 1.54) is 100 Å². The minimum absolute atomic E-state index is 0.132. The van der Waals surface area contributed by atoms with Gasteiger partial charge in [-0.2, -0.15) is 41.6 Å². The fourth-order valence-electron chi connectivity index (χ4n) is 8.46. The Morgan fingerprint density at radius 1 is 0.565 bits per heavy atom. The van der Waals surface area contributed by atoms with E-state index in [4.69, 9.17) is 17.0 Å². The molecule has 0 aromatic heterocycles. The number of hydrogen-bond donors (Lipinski definition) is 0. The summed E-state index contributed by atoms with van der Waals surface area (Å²) in [7, 11) is 10.7. The van der Waals surface area contributed by atoms with Crippen molar-refractivity contribution in [1.29, 1.82) is 0 Å². The standard InChI is InChI=1S/2C23H27.C12H7Si.2ClH.Zr/c2*1-6-16(2)19-14-18-12-13-21(23(3,4)5)22(20(18)15-19)17-10-8-7-9-11-17;1-3-7-11-9(5-1)10-6-2-4-8-12(10)13-11;;;/h2*7-16H,6H2,1-5H3;1-7H;2*1H;/q3*-1;;;+2/p-2. The molecular weight excluding hydrogens is 887 g/mol. The molecule has 0 bridgehead atoms. The first-order chi connectivity index (χ1) is 29.7. The fraction of sp³-hybridized carbons (Fsp3) is 0.276. The first-order valence-corrected chi connectivity index (χ1v) is 29.4. The minimum atomic E-state index is -0.826. The van der Waals surface area contributed by atoms with E-state index in [1.807, 2.05) is 6.07 Å². The van der Waals surface area contributed by atoms with E-state index in [1.54, 1.807) is 0 Å². The van der Waals surface area contributed by atoms with Crippen molar-refractivity contribution in [2.45, 2.75) is 105 Å².